The predicted molar refractivity (Wildman–Crippen MR) is 82.9 cm³/mol. The van der Waals surface area contributed by atoms with Gasteiger partial charge in [0.2, 0.25) is 0 Å². The Morgan fingerprint density at radius 2 is 1.71 bits per heavy atom. The van der Waals surface area contributed by atoms with Gasteiger partial charge in [-0.3, -0.25) is 0 Å². The summed E-state index contributed by atoms with van der Waals surface area (Å²) in [6.07, 6.45) is 0. The number of fused-ring (bicyclic) bond motifs is 1. The maximum Gasteiger partial charge on any atom is 0.336 e. The summed E-state index contributed by atoms with van der Waals surface area (Å²) in [5.41, 5.74) is 1.91. The molecule has 0 aliphatic heterocycles. The van der Waals surface area contributed by atoms with Crippen LogP contribution in [0.2, 0.25) is 0 Å². The minimum absolute atomic E-state index is 0.293. The van der Waals surface area contributed by atoms with Crippen LogP contribution in [0.5, 0.6) is 5.75 Å². The van der Waals surface area contributed by atoms with Gasteiger partial charge in [0.25, 0.3) is 0 Å². The highest BCUT2D eigenvalue weighted by atomic mass is 16.5. The van der Waals surface area contributed by atoms with Crippen molar-refractivity contribution < 1.29 is 14.6 Å². The molecule has 0 radical (unpaired) electrons. The second-order valence-corrected chi connectivity index (χ2v) is 4.78. The molecule has 0 aliphatic rings. The average molecular weight is 278 g/mol. The first-order valence-electron chi connectivity index (χ1n) is 6.59. The number of carboxylic acids is 1. The van der Waals surface area contributed by atoms with Crippen molar-refractivity contribution in [3.63, 3.8) is 0 Å². The van der Waals surface area contributed by atoms with E-state index in [0.717, 1.165) is 21.9 Å². The van der Waals surface area contributed by atoms with Gasteiger partial charge < -0.3 is 9.84 Å². The summed E-state index contributed by atoms with van der Waals surface area (Å²) in [4.78, 5) is 11.6. The predicted octanol–water partition coefficient (Wildman–Crippen LogP) is 4.21. The summed E-state index contributed by atoms with van der Waals surface area (Å²) in [6, 6.07) is 18.8. The zero-order chi connectivity index (χ0) is 14.8. The smallest absolute Gasteiger partial charge is 0.336 e. The van der Waals surface area contributed by atoms with E-state index < -0.39 is 5.97 Å². The van der Waals surface area contributed by atoms with Crippen LogP contribution < -0.4 is 4.74 Å². The summed E-state index contributed by atoms with van der Waals surface area (Å²) in [5.74, 6) is -0.218. The molecule has 3 heteroatoms. The van der Waals surface area contributed by atoms with Crippen LogP contribution in [-0.2, 0) is 0 Å². The maximum atomic E-state index is 11.6. The van der Waals surface area contributed by atoms with E-state index in [1.165, 1.54) is 0 Å². The van der Waals surface area contributed by atoms with E-state index in [1.807, 2.05) is 54.6 Å². The minimum Gasteiger partial charge on any atom is -0.497 e. The standard InChI is InChI=1S/C18H14O3/c1-21-15-8-7-13-10-16(12-5-3-2-4-6-12)17(18(19)20)11-14(13)9-15/h2-11H,1H3,(H,19,20). The van der Waals surface area contributed by atoms with Crippen LogP contribution in [0.25, 0.3) is 21.9 Å². The van der Waals surface area contributed by atoms with E-state index in [0.29, 0.717) is 11.3 Å². The van der Waals surface area contributed by atoms with Crippen LogP contribution in [0.4, 0.5) is 0 Å². The van der Waals surface area contributed by atoms with Crippen molar-refractivity contribution in [3.8, 4) is 16.9 Å². The molecule has 3 aromatic carbocycles. The summed E-state index contributed by atoms with van der Waals surface area (Å²) < 4.78 is 5.19. The van der Waals surface area contributed by atoms with Gasteiger partial charge in [0.15, 0.2) is 0 Å². The topological polar surface area (TPSA) is 46.5 Å². The van der Waals surface area contributed by atoms with E-state index in [1.54, 1.807) is 13.2 Å². The van der Waals surface area contributed by atoms with Gasteiger partial charge in [-0.1, -0.05) is 36.4 Å². The Kier molecular flexibility index (Phi) is 3.32. The first-order valence-corrected chi connectivity index (χ1v) is 6.59. The van der Waals surface area contributed by atoms with Crippen molar-refractivity contribution in [2.24, 2.45) is 0 Å². The van der Waals surface area contributed by atoms with Crippen molar-refractivity contribution in [2.75, 3.05) is 7.11 Å². The number of hydrogen-bond acceptors (Lipinski definition) is 2. The number of carbonyl (C=O) groups is 1. The lowest BCUT2D eigenvalue weighted by Gasteiger charge is -2.10. The first kappa shape index (κ1) is 13.2. The number of methoxy groups -OCH3 is 1. The SMILES string of the molecule is COc1ccc2cc(-c3ccccc3)c(C(=O)O)cc2c1. The van der Waals surface area contributed by atoms with Crippen molar-refractivity contribution in [3.05, 3.63) is 66.2 Å². The van der Waals surface area contributed by atoms with Gasteiger partial charge in [0.05, 0.1) is 12.7 Å². The molecular weight excluding hydrogens is 264 g/mol. The van der Waals surface area contributed by atoms with Crippen LogP contribution in [-0.4, -0.2) is 18.2 Å². The normalized spacial score (nSPS) is 10.5. The number of benzene rings is 3. The average Bonchev–Trinajstić information content (AvgIpc) is 2.53. The van der Waals surface area contributed by atoms with E-state index in [2.05, 4.69) is 0 Å². The van der Waals surface area contributed by atoms with Gasteiger partial charge in [0, 0.05) is 0 Å². The third kappa shape index (κ3) is 2.46. The fourth-order valence-corrected chi connectivity index (χ4v) is 2.44. The van der Waals surface area contributed by atoms with Gasteiger partial charge in [-0.25, -0.2) is 4.79 Å². The molecule has 0 fully saturated rings. The molecule has 3 nitrogen and oxygen atoms in total. The number of carboxylic acid groups (broad SMARTS) is 1. The van der Waals surface area contributed by atoms with Gasteiger partial charge in [0.1, 0.15) is 5.75 Å². The van der Waals surface area contributed by atoms with E-state index in [-0.39, 0.29) is 0 Å². The summed E-state index contributed by atoms with van der Waals surface area (Å²) in [6.45, 7) is 0. The number of rotatable bonds is 3. The lowest BCUT2D eigenvalue weighted by atomic mass is 9.95. The Hall–Kier alpha value is -2.81. The highest BCUT2D eigenvalue weighted by Crippen LogP contribution is 2.30. The van der Waals surface area contributed by atoms with Gasteiger partial charge in [-0.2, -0.15) is 0 Å². The highest BCUT2D eigenvalue weighted by molar-refractivity contribution is 6.02. The third-order valence-corrected chi connectivity index (χ3v) is 3.50. The summed E-state index contributed by atoms with van der Waals surface area (Å²) >= 11 is 0. The van der Waals surface area contributed by atoms with Gasteiger partial charge in [-0.05, 0) is 46.2 Å². The molecule has 21 heavy (non-hydrogen) atoms. The monoisotopic (exact) mass is 278 g/mol. The number of aromatic carboxylic acids is 1. The Morgan fingerprint density at radius 3 is 2.38 bits per heavy atom. The summed E-state index contributed by atoms with van der Waals surface area (Å²) in [7, 11) is 1.59. The van der Waals surface area contributed by atoms with E-state index >= 15 is 0 Å². The zero-order valence-corrected chi connectivity index (χ0v) is 11.5. The van der Waals surface area contributed by atoms with Crippen molar-refractivity contribution in [2.45, 2.75) is 0 Å². The molecule has 3 rings (SSSR count). The van der Waals surface area contributed by atoms with Crippen LogP contribution >= 0.6 is 0 Å². The fraction of sp³-hybridized carbons (Fsp3) is 0.0556. The molecule has 0 heterocycles. The van der Waals surface area contributed by atoms with Gasteiger partial charge in [-0.15, -0.1) is 0 Å². The Balaban J connectivity index is 2.28. The Labute approximate surface area is 122 Å². The highest BCUT2D eigenvalue weighted by Gasteiger charge is 2.13. The van der Waals surface area contributed by atoms with Crippen LogP contribution in [0.1, 0.15) is 10.4 Å². The molecule has 0 saturated carbocycles. The number of hydrogen-bond donors (Lipinski definition) is 1. The maximum absolute atomic E-state index is 11.6. The number of ether oxygens (including phenoxy) is 1. The largest absolute Gasteiger partial charge is 0.497 e. The molecule has 0 unspecified atom stereocenters. The van der Waals surface area contributed by atoms with Crippen molar-refractivity contribution in [1.82, 2.24) is 0 Å². The van der Waals surface area contributed by atoms with Gasteiger partial charge >= 0.3 is 5.97 Å². The van der Waals surface area contributed by atoms with Crippen LogP contribution in [0.3, 0.4) is 0 Å². The molecule has 3 aromatic rings. The molecule has 0 bridgehead atoms. The molecule has 0 aliphatic carbocycles. The molecule has 0 amide bonds. The first-order chi connectivity index (χ1) is 10.2. The summed E-state index contributed by atoms with van der Waals surface area (Å²) in [5, 5.41) is 11.3. The van der Waals surface area contributed by atoms with Crippen molar-refractivity contribution >= 4 is 16.7 Å². The quantitative estimate of drug-likeness (QED) is 0.780. The molecular formula is C18H14O3. The third-order valence-electron chi connectivity index (χ3n) is 3.50. The minimum atomic E-state index is -0.932. The second kappa shape index (κ2) is 5.29. The van der Waals surface area contributed by atoms with Crippen LogP contribution in [0, 0.1) is 0 Å². The molecule has 0 saturated heterocycles. The second-order valence-electron chi connectivity index (χ2n) is 4.78. The van der Waals surface area contributed by atoms with Crippen molar-refractivity contribution in [1.29, 1.82) is 0 Å². The molecule has 104 valence electrons. The van der Waals surface area contributed by atoms with E-state index in [4.69, 9.17) is 4.74 Å². The fourth-order valence-electron chi connectivity index (χ4n) is 2.44. The molecule has 0 aromatic heterocycles. The lowest BCUT2D eigenvalue weighted by Crippen LogP contribution is -2.00. The Bertz CT molecular complexity index is 807. The zero-order valence-electron chi connectivity index (χ0n) is 11.5. The molecule has 0 atom stereocenters. The molecule has 1 N–H and O–H groups in total. The van der Waals surface area contributed by atoms with Crippen LogP contribution in [0.15, 0.2) is 60.7 Å². The van der Waals surface area contributed by atoms with E-state index in [9.17, 15) is 9.90 Å². The Morgan fingerprint density at radius 1 is 0.952 bits per heavy atom. The lowest BCUT2D eigenvalue weighted by molar-refractivity contribution is 0.0698. The molecule has 0 spiro atoms.